The normalized spacial score (nSPS) is 18.7. The Balaban J connectivity index is 1.50. The molecule has 1 aromatic rings. The first-order chi connectivity index (χ1) is 11.5. The van der Waals surface area contributed by atoms with Gasteiger partial charge < -0.3 is 20.2 Å². The zero-order chi connectivity index (χ0) is 17.1. The van der Waals surface area contributed by atoms with Gasteiger partial charge in [0.25, 0.3) is 5.91 Å². The van der Waals surface area contributed by atoms with Crippen molar-refractivity contribution in [1.29, 1.82) is 0 Å². The van der Waals surface area contributed by atoms with E-state index in [0.29, 0.717) is 24.2 Å². The van der Waals surface area contributed by atoms with Gasteiger partial charge in [-0.2, -0.15) is 0 Å². The second-order valence-electron chi connectivity index (χ2n) is 6.71. The number of amides is 3. The number of urea groups is 1. The number of carbonyl (C=O) groups is 2. The average Bonchev–Trinajstić information content (AvgIpc) is 3.12. The maximum atomic E-state index is 12.4. The predicted molar refractivity (Wildman–Crippen MR) is 91.1 cm³/mol. The Bertz CT molecular complexity index is 618. The van der Waals surface area contributed by atoms with E-state index >= 15 is 0 Å². The molecule has 2 N–H and O–H groups in total. The number of nitrogens with one attached hydrogen (secondary N) is 1. The van der Waals surface area contributed by atoms with Crippen molar-refractivity contribution in [1.82, 2.24) is 15.1 Å². The fourth-order valence-electron chi connectivity index (χ4n) is 3.39. The topological polar surface area (TPSA) is 72.9 Å². The van der Waals surface area contributed by atoms with Crippen LogP contribution in [0.5, 0.6) is 5.75 Å². The second kappa shape index (κ2) is 7.11. The number of piperidine rings is 1. The van der Waals surface area contributed by atoms with Crippen LogP contribution in [0.3, 0.4) is 0 Å². The number of carbonyl (C=O) groups excluding carboxylic acids is 2. The maximum absolute atomic E-state index is 12.4. The summed E-state index contributed by atoms with van der Waals surface area (Å²) in [7, 11) is 0. The van der Waals surface area contributed by atoms with Crippen molar-refractivity contribution >= 4 is 11.9 Å². The molecule has 2 aliphatic rings. The van der Waals surface area contributed by atoms with Crippen molar-refractivity contribution in [3.63, 3.8) is 0 Å². The monoisotopic (exact) mass is 331 g/mol. The first-order valence-electron chi connectivity index (χ1n) is 8.69. The molecule has 0 spiro atoms. The number of hydrogen-bond donors (Lipinski definition) is 2. The smallest absolute Gasteiger partial charge is 0.319 e. The average molecular weight is 331 g/mol. The summed E-state index contributed by atoms with van der Waals surface area (Å²) in [6.45, 7) is 4.89. The Morgan fingerprint density at radius 2 is 1.71 bits per heavy atom. The summed E-state index contributed by atoms with van der Waals surface area (Å²) in [6.07, 6.45) is 3.76. The largest absolute Gasteiger partial charge is 0.508 e. The van der Waals surface area contributed by atoms with Crippen LogP contribution in [0.15, 0.2) is 18.2 Å². The van der Waals surface area contributed by atoms with E-state index in [1.165, 1.54) is 0 Å². The van der Waals surface area contributed by atoms with Crippen LogP contribution in [0.1, 0.15) is 41.6 Å². The summed E-state index contributed by atoms with van der Waals surface area (Å²) in [4.78, 5) is 28.5. The van der Waals surface area contributed by atoms with Gasteiger partial charge in [0.05, 0.1) is 0 Å². The van der Waals surface area contributed by atoms with Crippen molar-refractivity contribution in [2.75, 3.05) is 26.2 Å². The second-order valence-corrected chi connectivity index (χ2v) is 6.71. The maximum Gasteiger partial charge on any atom is 0.319 e. The summed E-state index contributed by atoms with van der Waals surface area (Å²) in [5.41, 5.74) is 1.24. The molecule has 0 aliphatic carbocycles. The van der Waals surface area contributed by atoms with Crippen molar-refractivity contribution in [3.05, 3.63) is 29.3 Å². The predicted octanol–water partition coefficient (Wildman–Crippen LogP) is 2.11. The molecule has 1 aromatic carbocycles. The lowest BCUT2D eigenvalue weighted by Crippen LogP contribution is -2.50. The van der Waals surface area contributed by atoms with Crippen molar-refractivity contribution in [3.8, 4) is 5.75 Å². The Morgan fingerprint density at radius 1 is 1.08 bits per heavy atom. The van der Waals surface area contributed by atoms with Crippen molar-refractivity contribution in [2.45, 2.75) is 38.6 Å². The Hall–Kier alpha value is -2.24. The molecule has 3 rings (SSSR count). The zero-order valence-corrected chi connectivity index (χ0v) is 14.1. The SMILES string of the molecule is Cc1cc(C(=O)NC2CCN(C(=O)N3CCCC3)CC2)ccc1O. The molecular weight excluding hydrogens is 306 g/mol. The van der Waals surface area contributed by atoms with E-state index in [9.17, 15) is 14.7 Å². The molecule has 130 valence electrons. The Kier molecular flexibility index (Phi) is 4.92. The number of likely N-dealkylation sites (tertiary alicyclic amines) is 2. The summed E-state index contributed by atoms with van der Waals surface area (Å²) in [5.74, 6) is 0.0719. The molecule has 0 radical (unpaired) electrons. The van der Waals surface area contributed by atoms with E-state index in [1.807, 2.05) is 9.80 Å². The van der Waals surface area contributed by atoms with Gasteiger partial charge in [0.15, 0.2) is 0 Å². The molecule has 0 bridgehead atoms. The molecule has 2 heterocycles. The summed E-state index contributed by atoms with van der Waals surface area (Å²) in [6, 6.07) is 5.10. The molecule has 0 unspecified atom stereocenters. The molecule has 0 atom stereocenters. The van der Waals surface area contributed by atoms with Gasteiger partial charge in [-0.15, -0.1) is 0 Å². The fourth-order valence-corrected chi connectivity index (χ4v) is 3.39. The van der Waals surface area contributed by atoms with Crippen molar-refractivity contribution < 1.29 is 14.7 Å². The minimum atomic E-state index is -0.123. The third-order valence-electron chi connectivity index (χ3n) is 4.94. The fraction of sp³-hybridized carbons (Fsp3) is 0.556. The van der Waals surface area contributed by atoms with E-state index in [1.54, 1.807) is 25.1 Å². The summed E-state index contributed by atoms with van der Waals surface area (Å²) in [5, 5.41) is 12.6. The standard InChI is InChI=1S/C18H25N3O3/c1-13-12-14(4-5-16(13)22)17(23)19-15-6-10-21(11-7-15)18(24)20-8-2-3-9-20/h4-5,12,15,22H,2-3,6-11H2,1H3,(H,19,23). The highest BCUT2D eigenvalue weighted by atomic mass is 16.3. The van der Waals surface area contributed by atoms with Gasteiger partial charge in [0, 0.05) is 37.8 Å². The highest BCUT2D eigenvalue weighted by Gasteiger charge is 2.28. The van der Waals surface area contributed by atoms with E-state index in [-0.39, 0.29) is 23.7 Å². The minimum absolute atomic E-state index is 0.0919. The number of benzene rings is 1. The number of rotatable bonds is 2. The van der Waals surface area contributed by atoms with Gasteiger partial charge in [0.2, 0.25) is 0 Å². The molecule has 3 amide bonds. The molecular formula is C18H25N3O3. The Morgan fingerprint density at radius 3 is 2.33 bits per heavy atom. The Labute approximate surface area is 142 Å². The molecule has 2 fully saturated rings. The zero-order valence-electron chi connectivity index (χ0n) is 14.1. The van der Waals surface area contributed by atoms with E-state index in [2.05, 4.69) is 5.32 Å². The van der Waals surface area contributed by atoms with Crippen LogP contribution in [0.25, 0.3) is 0 Å². The number of hydrogen-bond acceptors (Lipinski definition) is 3. The first kappa shape index (κ1) is 16.6. The number of phenols is 1. The van der Waals surface area contributed by atoms with Crippen LogP contribution in [0, 0.1) is 6.92 Å². The van der Waals surface area contributed by atoms with E-state index < -0.39 is 0 Å². The van der Waals surface area contributed by atoms with Crippen LogP contribution < -0.4 is 5.32 Å². The first-order valence-corrected chi connectivity index (χ1v) is 8.69. The molecule has 24 heavy (non-hydrogen) atoms. The number of nitrogens with zero attached hydrogens (tertiary/aromatic N) is 2. The third-order valence-corrected chi connectivity index (χ3v) is 4.94. The lowest BCUT2D eigenvalue weighted by Gasteiger charge is -2.34. The van der Waals surface area contributed by atoms with Gasteiger partial charge in [-0.1, -0.05) is 0 Å². The van der Waals surface area contributed by atoms with Crippen LogP contribution in [0.2, 0.25) is 0 Å². The van der Waals surface area contributed by atoms with Crippen LogP contribution in [-0.4, -0.2) is 59.1 Å². The molecule has 6 heteroatoms. The molecule has 0 saturated carbocycles. The summed E-state index contributed by atoms with van der Waals surface area (Å²) >= 11 is 0. The van der Waals surface area contributed by atoms with Gasteiger partial charge in [-0.3, -0.25) is 4.79 Å². The number of aromatic hydroxyl groups is 1. The molecule has 2 aliphatic heterocycles. The minimum Gasteiger partial charge on any atom is -0.508 e. The van der Waals surface area contributed by atoms with E-state index in [4.69, 9.17) is 0 Å². The quantitative estimate of drug-likeness (QED) is 0.872. The van der Waals surface area contributed by atoms with Gasteiger partial charge in [0.1, 0.15) is 5.75 Å². The molecule has 2 saturated heterocycles. The van der Waals surface area contributed by atoms with Gasteiger partial charge >= 0.3 is 6.03 Å². The summed E-state index contributed by atoms with van der Waals surface area (Å²) < 4.78 is 0. The van der Waals surface area contributed by atoms with Crippen molar-refractivity contribution in [2.24, 2.45) is 0 Å². The van der Waals surface area contributed by atoms with Crippen LogP contribution in [0.4, 0.5) is 4.79 Å². The number of phenolic OH excluding ortho intramolecular Hbond substituents is 1. The lowest BCUT2D eigenvalue weighted by atomic mass is 10.0. The highest BCUT2D eigenvalue weighted by molar-refractivity contribution is 5.94. The van der Waals surface area contributed by atoms with Gasteiger partial charge in [-0.05, 0) is 56.4 Å². The van der Waals surface area contributed by atoms with Gasteiger partial charge in [-0.25, -0.2) is 4.79 Å². The van der Waals surface area contributed by atoms with Crippen LogP contribution in [-0.2, 0) is 0 Å². The third kappa shape index (κ3) is 3.63. The highest BCUT2D eigenvalue weighted by Crippen LogP contribution is 2.19. The molecule has 6 nitrogen and oxygen atoms in total. The van der Waals surface area contributed by atoms with Crippen LogP contribution >= 0.6 is 0 Å². The number of aryl methyl sites for hydroxylation is 1. The van der Waals surface area contributed by atoms with E-state index in [0.717, 1.165) is 38.8 Å². The molecule has 0 aromatic heterocycles. The lowest BCUT2D eigenvalue weighted by molar-refractivity contribution is 0.0912.